The molecule has 0 aromatic heterocycles. The number of rotatable bonds is 9. The molecule has 0 aliphatic carbocycles. The van der Waals surface area contributed by atoms with Gasteiger partial charge in [-0.05, 0) is 37.4 Å². The summed E-state index contributed by atoms with van der Waals surface area (Å²) in [5.74, 6) is 1.55. The van der Waals surface area contributed by atoms with Crippen LogP contribution in [0.4, 0.5) is 0 Å². The smallest absolute Gasteiger partial charge is 0.162 e. The maximum atomic E-state index is 6.42. The number of hydrogen-bond acceptors (Lipinski definition) is 3. The largest absolute Gasteiger partial charge is 0.485 e. The van der Waals surface area contributed by atoms with Crippen LogP contribution in [0.2, 0.25) is 0 Å². The second-order valence-electron chi connectivity index (χ2n) is 6.83. The molecule has 0 unspecified atom stereocenters. The molecule has 1 atom stereocenters. The van der Waals surface area contributed by atoms with E-state index in [1.54, 1.807) is 0 Å². The van der Waals surface area contributed by atoms with Crippen molar-refractivity contribution in [3.05, 3.63) is 96.1 Å². The van der Waals surface area contributed by atoms with Gasteiger partial charge in [0.1, 0.15) is 12.7 Å². The second kappa shape index (κ2) is 9.79. The van der Waals surface area contributed by atoms with Gasteiger partial charge in [-0.15, -0.1) is 0 Å². The lowest BCUT2D eigenvalue weighted by Gasteiger charge is -2.23. The molecule has 3 aromatic rings. The average molecular weight is 361 g/mol. The van der Waals surface area contributed by atoms with Crippen LogP contribution in [0, 0.1) is 0 Å². The Morgan fingerprint density at radius 3 is 2.00 bits per heavy atom. The molecule has 0 aliphatic heterocycles. The monoisotopic (exact) mass is 361 g/mol. The molecular weight excluding hydrogens is 334 g/mol. The zero-order valence-corrected chi connectivity index (χ0v) is 16.0. The van der Waals surface area contributed by atoms with E-state index in [2.05, 4.69) is 55.4 Å². The van der Waals surface area contributed by atoms with E-state index in [4.69, 9.17) is 9.47 Å². The van der Waals surface area contributed by atoms with Crippen LogP contribution in [0.1, 0.15) is 23.7 Å². The molecule has 0 fully saturated rings. The van der Waals surface area contributed by atoms with E-state index >= 15 is 0 Å². The summed E-state index contributed by atoms with van der Waals surface area (Å²) in [6.45, 7) is 1.47. The fourth-order valence-corrected chi connectivity index (χ4v) is 2.89. The van der Waals surface area contributed by atoms with E-state index in [0.717, 1.165) is 30.0 Å². The normalized spacial score (nSPS) is 12.0. The Labute approximate surface area is 162 Å². The van der Waals surface area contributed by atoms with E-state index in [1.807, 2.05) is 48.5 Å². The van der Waals surface area contributed by atoms with E-state index in [1.165, 1.54) is 5.56 Å². The molecule has 0 saturated heterocycles. The van der Waals surface area contributed by atoms with Crippen molar-refractivity contribution in [3.63, 3.8) is 0 Å². The van der Waals surface area contributed by atoms with Crippen molar-refractivity contribution in [1.29, 1.82) is 0 Å². The summed E-state index contributed by atoms with van der Waals surface area (Å²) >= 11 is 0. The quantitative estimate of drug-likeness (QED) is 0.514. The van der Waals surface area contributed by atoms with Crippen molar-refractivity contribution in [2.75, 3.05) is 20.6 Å². The van der Waals surface area contributed by atoms with Gasteiger partial charge in [0.2, 0.25) is 0 Å². The maximum absolute atomic E-state index is 6.42. The van der Waals surface area contributed by atoms with Crippen LogP contribution in [-0.4, -0.2) is 25.5 Å². The van der Waals surface area contributed by atoms with Crippen molar-refractivity contribution < 1.29 is 9.47 Å². The standard InChI is InChI=1S/C24H27NO2/c1-25(2)18-17-22(21-13-7-4-8-14-21)27-24-16-10-9-15-23(24)26-19-20-11-5-3-6-12-20/h3-16,22H,17-19H2,1-2H3/t22-/m0/s1. The van der Waals surface area contributed by atoms with Gasteiger partial charge in [0.15, 0.2) is 11.5 Å². The molecule has 3 nitrogen and oxygen atoms in total. The first kappa shape index (κ1) is 19.0. The Morgan fingerprint density at radius 1 is 0.741 bits per heavy atom. The number of para-hydroxylation sites is 2. The van der Waals surface area contributed by atoms with Crippen LogP contribution in [0.3, 0.4) is 0 Å². The fraction of sp³-hybridized carbons (Fsp3) is 0.250. The Balaban J connectivity index is 1.75. The summed E-state index contributed by atoms with van der Waals surface area (Å²) in [5.41, 5.74) is 2.32. The predicted octanol–water partition coefficient (Wildman–Crippen LogP) is 5.34. The molecular formula is C24H27NO2. The Bertz CT molecular complexity index is 803. The maximum Gasteiger partial charge on any atom is 0.162 e. The molecule has 3 rings (SSSR count). The third-order valence-electron chi connectivity index (χ3n) is 4.37. The molecule has 0 spiro atoms. The molecule has 3 heteroatoms. The first-order valence-electron chi connectivity index (χ1n) is 9.34. The summed E-state index contributed by atoms with van der Waals surface area (Å²) < 4.78 is 12.5. The van der Waals surface area contributed by atoms with Crippen LogP contribution in [0.15, 0.2) is 84.9 Å². The van der Waals surface area contributed by atoms with Gasteiger partial charge in [0.25, 0.3) is 0 Å². The van der Waals surface area contributed by atoms with Gasteiger partial charge < -0.3 is 14.4 Å². The van der Waals surface area contributed by atoms with Crippen molar-refractivity contribution in [3.8, 4) is 11.5 Å². The highest BCUT2D eigenvalue weighted by Gasteiger charge is 2.16. The zero-order valence-electron chi connectivity index (χ0n) is 16.0. The van der Waals surface area contributed by atoms with Crippen LogP contribution < -0.4 is 9.47 Å². The highest BCUT2D eigenvalue weighted by Crippen LogP contribution is 2.33. The van der Waals surface area contributed by atoms with Gasteiger partial charge in [-0.3, -0.25) is 0 Å². The minimum Gasteiger partial charge on any atom is -0.485 e. The van der Waals surface area contributed by atoms with Crippen LogP contribution in [0.25, 0.3) is 0 Å². The molecule has 0 bridgehead atoms. The van der Waals surface area contributed by atoms with Gasteiger partial charge >= 0.3 is 0 Å². The van der Waals surface area contributed by atoms with Gasteiger partial charge in [0.05, 0.1) is 0 Å². The Morgan fingerprint density at radius 2 is 1.33 bits per heavy atom. The van der Waals surface area contributed by atoms with Crippen molar-refractivity contribution in [2.24, 2.45) is 0 Å². The van der Waals surface area contributed by atoms with E-state index in [0.29, 0.717) is 6.61 Å². The summed E-state index contributed by atoms with van der Waals surface area (Å²) in [7, 11) is 4.16. The summed E-state index contributed by atoms with van der Waals surface area (Å²) in [4.78, 5) is 2.18. The van der Waals surface area contributed by atoms with Gasteiger partial charge in [-0.2, -0.15) is 0 Å². The molecule has 0 amide bonds. The Hall–Kier alpha value is -2.78. The number of ether oxygens (including phenoxy) is 2. The number of nitrogens with zero attached hydrogens (tertiary/aromatic N) is 1. The molecule has 0 heterocycles. The molecule has 140 valence electrons. The number of benzene rings is 3. The first-order valence-corrected chi connectivity index (χ1v) is 9.34. The highest BCUT2D eigenvalue weighted by atomic mass is 16.5. The summed E-state index contributed by atoms with van der Waals surface area (Å²) in [6, 6.07) is 28.5. The lowest BCUT2D eigenvalue weighted by atomic mass is 10.1. The van der Waals surface area contributed by atoms with Gasteiger partial charge in [-0.1, -0.05) is 72.8 Å². The minimum absolute atomic E-state index is 0.0184. The van der Waals surface area contributed by atoms with Crippen molar-refractivity contribution in [1.82, 2.24) is 4.90 Å². The summed E-state index contributed by atoms with van der Waals surface area (Å²) in [6.07, 6.45) is 0.888. The van der Waals surface area contributed by atoms with E-state index in [9.17, 15) is 0 Å². The minimum atomic E-state index is -0.0184. The molecule has 3 aromatic carbocycles. The zero-order chi connectivity index (χ0) is 18.9. The molecule has 27 heavy (non-hydrogen) atoms. The molecule has 0 N–H and O–H groups in total. The fourth-order valence-electron chi connectivity index (χ4n) is 2.89. The van der Waals surface area contributed by atoms with Gasteiger partial charge in [-0.25, -0.2) is 0 Å². The Kier molecular flexibility index (Phi) is 6.89. The van der Waals surface area contributed by atoms with Crippen LogP contribution in [-0.2, 0) is 6.61 Å². The SMILES string of the molecule is CN(C)CC[C@H](Oc1ccccc1OCc1ccccc1)c1ccccc1. The third-order valence-corrected chi connectivity index (χ3v) is 4.37. The molecule has 0 radical (unpaired) electrons. The van der Waals surface area contributed by atoms with Crippen LogP contribution >= 0.6 is 0 Å². The predicted molar refractivity (Wildman–Crippen MR) is 110 cm³/mol. The lowest BCUT2D eigenvalue weighted by molar-refractivity contribution is 0.168. The van der Waals surface area contributed by atoms with Crippen LogP contribution in [0.5, 0.6) is 11.5 Å². The molecule has 0 saturated carbocycles. The van der Waals surface area contributed by atoms with Crippen molar-refractivity contribution >= 4 is 0 Å². The molecule has 0 aliphatic rings. The lowest BCUT2D eigenvalue weighted by Crippen LogP contribution is -2.19. The van der Waals surface area contributed by atoms with E-state index in [-0.39, 0.29) is 6.10 Å². The van der Waals surface area contributed by atoms with E-state index < -0.39 is 0 Å². The van der Waals surface area contributed by atoms with Crippen molar-refractivity contribution in [2.45, 2.75) is 19.1 Å². The number of hydrogen-bond donors (Lipinski definition) is 0. The third kappa shape index (κ3) is 5.87. The topological polar surface area (TPSA) is 21.7 Å². The highest BCUT2D eigenvalue weighted by molar-refractivity contribution is 5.40. The van der Waals surface area contributed by atoms with Gasteiger partial charge in [0, 0.05) is 13.0 Å². The second-order valence-corrected chi connectivity index (χ2v) is 6.83. The average Bonchev–Trinajstić information content (AvgIpc) is 2.71. The first-order chi connectivity index (χ1) is 13.2. The summed E-state index contributed by atoms with van der Waals surface area (Å²) in [5, 5.41) is 0.